The number of likely N-dealkylation sites (N-methyl/N-ethyl adjacent to an activating group) is 1. The summed E-state index contributed by atoms with van der Waals surface area (Å²) in [7, 11) is 1.66. The van der Waals surface area contributed by atoms with Crippen molar-refractivity contribution in [3.63, 3.8) is 0 Å². The van der Waals surface area contributed by atoms with Crippen LogP contribution in [0.2, 0.25) is 5.02 Å². The van der Waals surface area contributed by atoms with Gasteiger partial charge in [-0.2, -0.15) is 0 Å². The zero-order valence-electron chi connectivity index (χ0n) is 11.7. The van der Waals surface area contributed by atoms with Gasteiger partial charge in [0.1, 0.15) is 0 Å². The fraction of sp³-hybridized carbons (Fsp3) is 0.385. The molecule has 0 spiro atoms. The van der Waals surface area contributed by atoms with E-state index in [1.807, 2.05) is 13.8 Å². The van der Waals surface area contributed by atoms with Crippen molar-refractivity contribution in [1.82, 2.24) is 5.32 Å². The van der Waals surface area contributed by atoms with Crippen LogP contribution in [0.1, 0.15) is 24.2 Å². The first-order valence-electron chi connectivity index (χ1n) is 6.11. The number of carbonyl (C=O) groups is 2. The number of primary amides is 1. The number of amides is 2. The molecule has 0 saturated heterocycles. The lowest BCUT2D eigenvalue weighted by atomic mass is 10.1. The molecule has 6 nitrogen and oxygen atoms in total. The van der Waals surface area contributed by atoms with Gasteiger partial charge in [0.15, 0.2) is 0 Å². The molecular formula is C13H19ClN4O2. The van der Waals surface area contributed by atoms with Crippen LogP contribution in [-0.2, 0) is 4.79 Å². The fourth-order valence-electron chi connectivity index (χ4n) is 1.86. The van der Waals surface area contributed by atoms with Gasteiger partial charge in [0.25, 0.3) is 5.91 Å². The Kier molecular flexibility index (Phi) is 5.21. The van der Waals surface area contributed by atoms with Crippen LogP contribution in [0, 0.1) is 0 Å². The van der Waals surface area contributed by atoms with E-state index in [4.69, 9.17) is 23.1 Å². The molecule has 20 heavy (non-hydrogen) atoms. The predicted molar refractivity (Wildman–Crippen MR) is 80.9 cm³/mol. The molecule has 0 radical (unpaired) electrons. The van der Waals surface area contributed by atoms with E-state index in [0.29, 0.717) is 11.4 Å². The molecule has 0 unspecified atom stereocenters. The molecule has 0 fully saturated rings. The van der Waals surface area contributed by atoms with Crippen LogP contribution in [0.5, 0.6) is 0 Å². The first-order valence-corrected chi connectivity index (χ1v) is 6.49. The third-order valence-corrected chi connectivity index (χ3v) is 2.85. The fourth-order valence-corrected chi connectivity index (χ4v) is 2.23. The first kappa shape index (κ1) is 16.1. The molecule has 0 aliphatic heterocycles. The van der Waals surface area contributed by atoms with E-state index in [9.17, 15) is 9.59 Å². The highest BCUT2D eigenvalue weighted by Crippen LogP contribution is 2.31. The topological polar surface area (TPSA) is 101 Å². The van der Waals surface area contributed by atoms with Crippen molar-refractivity contribution in [3.8, 4) is 0 Å². The molecule has 7 heteroatoms. The van der Waals surface area contributed by atoms with Crippen molar-refractivity contribution < 1.29 is 9.59 Å². The lowest BCUT2D eigenvalue weighted by Gasteiger charge is -2.23. The molecule has 110 valence electrons. The standard InChI is InChI=1S/C13H19ClN4O2/c1-7(2)17-11(19)6-18(3)12-9(13(16)20)4-8(15)5-10(12)14/h4-5,7H,6,15H2,1-3H3,(H2,16,20)(H,17,19). The van der Waals surface area contributed by atoms with Gasteiger partial charge in [-0.3, -0.25) is 9.59 Å². The molecule has 0 aromatic heterocycles. The minimum Gasteiger partial charge on any atom is -0.399 e. The Labute approximate surface area is 123 Å². The summed E-state index contributed by atoms with van der Waals surface area (Å²) >= 11 is 6.10. The maximum atomic E-state index is 11.8. The highest BCUT2D eigenvalue weighted by atomic mass is 35.5. The number of benzene rings is 1. The molecule has 0 atom stereocenters. The molecule has 2 amide bonds. The second-order valence-electron chi connectivity index (χ2n) is 4.84. The van der Waals surface area contributed by atoms with Crippen LogP contribution in [0.3, 0.4) is 0 Å². The smallest absolute Gasteiger partial charge is 0.250 e. The first-order chi connectivity index (χ1) is 9.22. The van der Waals surface area contributed by atoms with Crippen molar-refractivity contribution >= 4 is 34.8 Å². The van der Waals surface area contributed by atoms with Gasteiger partial charge >= 0.3 is 0 Å². The largest absolute Gasteiger partial charge is 0.399 e. The number of nitrogens with two attached hydrogens (primary N) is 2. The Balaban J connectivity index is 3.06. The summed E-state index contributed by atoms with van der Waals surface area (Å²) in [5.74, 6) is -0.823. The molecule has 1 aromatic rings. The number of hydrogen-bond donors (Lipinski definition) is 3. The van der Waals surface area contributed by atoms with Gasteiger partial charge in [0.05, 0.1) is 22.8 Å². The third-order valence-electron chi connectivity index (χ3n) is 2.56. The monoisotopic (exact) mass is 298 g/mol. The zero-order chi connectivity index (χ0) is 15.4. The predicted octanol–water partition coefficient (Wildman–Crippen LogP) is 0.982. The average molecular weight is 299 g/mol. The van der Waals surface area contributed by atoms with Gasteiger partial charge in [-0.05, 0) is 26.0 Å². The molecule has 5 N–H and O–H groups in total. The summed E-state index contributed by atoms with van der Waals surface area (Å²) in [4.78, 5) is 24.8. The molecule has 0 heterocycles. The van der Waals surface area contributed by atoms with Gasteiger partial charge in [-0.25, -0.2) is 0 Å². The normalized spacial score (nSPS) is 10.4. The molecular weight excluding hydrogens is 280 g/mol. The molecule has 0 aliphatic carbocycles. The van der Waals surface area contributed by atoms with Crippen LogP contribution in [0.4, 0.5) is 11.4 Å². The minimum absolute atomic E-state index is 0.0356. The van der Waals surface area contributed by atoms with Crippen molar-refractivity contribution in [2.75, 3.05) is 24.2 Å². The van der Waals surface area contributed by atoms with Crippen LogP contribution in [-0.4, -0.2) is 31.4 Å². The zero-order valence-corrected chi connectivity index (χ0v) is 12.5. The number of anilines is 2. The number of hydrogen-bond acceptors (Lipinski definition) is 4. The summed E-state index contributed by atoms with van der Waals surface area (Å²) in [5, 5.41) is 3.03. The number of nitrogens with zero attached hydrogens (tertiary/aromatic N) is 1. The van der Waals surface area contributed by atoms with Crippen LogP contribution >= 0.6 is 11.6 Å². The van der Waals surface area contributed by atoms with Gasteiger partial charge in [-0.15, -0.1) is 0 Å². The Morgan fingerprint density at radius 2 is 2.00 bits per heavy atom. The van der Waals surface area contributed by atoms with Gasteiger partial charge in [0.2, 0.25) is 5.91 Å². The van der Waals surface area contributed by atoms with Crippen molar-refractivity contribution in [2.45, 2.75) is 19.9 Å². The van der Waals surface area contributed by atoms with E-state index < -0.39 is 5.91 Å². The Morgan fingerprint density at radius 1 is 1.40 bits per heavy atom. The summed E-state index contributed by atoms with van der Waals surface area (Å²) < 4.78 is 0. The summed E-state index contributed by atoms with van der Waals surface area (Å²) in [6, 6.07) is 2.99. The van der Waals surface area contributed by atoms with E-state index in [1.165, 1.54) is 12.1 Å². The third kappa shape index (κ3) is 4.03. The van der Waals surface area contributed by atoms with Crippen molar-refractivity contribution in [2.24, 2.45) is 5.73 Å². The van der Waals surface area contributed by atoms with E-state index in [1.54, 1.807) is 11.9 Å². The van der Waals surface area contributed by atoms with Crippen LogP contribution < -0.4 is 21.7 Å². The number of halogens is 1. The molecule has 1 aromatic carbocycles. The summed E-state index contributed by atoms with van der Waals surface area (Å²) in [6.07, 6.45) is 0. The number of nitrogens with one attached hydrogen (secondary N) is 1. The van der Waals surface area contributed by atoms with Crippen LogP contribution in [0.15, 0.2) is 12.1 Å². The lowest BCUT2D eigenvalue weighted by Crippen LogP contribution is -2.39. The van der Waals surface area contributed by atoms with Gasteiger partial charge in [0, 0.05) is 18.8 Å². The van der Waals surface area contributed by atoms with Crippen molar-refractivity contribution in [1.29, 1.82) is 0 Å². The van der Waals surface area contributed by atoms with E-state index in [2.05, 4.69) is 5.32 Å². The van der Waals surface area contributed by atoms with E-state index in [-0.39, 0.29) is 29.1 Å². The van der Waals surface area contributed by atoms with Crippen molar-refractivity contribution in [3.05, 3.63) is 22.7 Å². The highest BCUT2D eigenvalue weighted by Gasteiger charge is 2.19. The summed E-state index contributed by atoms with van der Waals surface area (Å²) in [6.45, 7) is 3.79. The quantitative estimate of drug-likeness (QED) is 0.705. The molecule has 0 bridgehead atoms. The maximum absolute atomic E-state index is 11.8. The van der Waals surface area contributed by atoms with E-state index >= 15 is 0 Å². The molecule has 0 aliphatic rings. The Bertz CT molecular complexity index is 531. The molecule has 0 saturated carbocycles. The van der Waals surface area contributed by atoms with Crippen LogP contribution in [0.25, 0.3) is 0 Å². The highest BCUT2D eigenvalue weighted by molar-refractivity contribution is 6.34. The number of carbonyl (C=O) groups excluding carboxylic acids is 2. The van der Waals surface area contributed by atoms with Gasteiger partial charge in [-0.1, -0.05) is 11.6 Å². The van der Waals surface area contributed by atoms with E-state index in [0.717, 1.165) is 0 Å². The average Bonchev–Trinajstić information content (AvgIpc) is 2.25. The Morgan fingerprint density at radius 3 is 2.50 bits per heavy atom. The Hall–Kier alpha value is -1.95. The number of nitrogen functional groups attached to an aromatic ring is 1. The molecule has 1 rings (SSSR count). The second-order valence-corrected chi connectivity index (χ2v) is 5.25. The number of rotatable bonds is 5. The maximum Gasteiger partial charge on any atom is 0.250 e. The lowest BCUT2D eigenvalue weighted by molar-refractivity contribution is -0.120. The minimum atomic E-state index is -0.648. The van der Waals surface area contributed by atoms with Gasteiger partial charge < -0.3 is 21.7 Å². The second kappa shape index (κ2) is 6.47. The SMILES string of the molecule is CC(C)NC(=O)CN(C)c1c(Cl)cc(N)cc1C(N)=O. The summed E-state index contributed by atoms with van der Waals surface area (Å²) in [5.41, 5.74) is 11.9.